The highest BCUT2D eigenvalue weighted by Gasteiger charge is 2.24. The van der Waals surface area contributed by atoms with E-state index in [0.717, 1.165) is 16.9 Å². The number of nitrogens with one attached hydrogen (secondary N) is 2. The Hall–Kier alpha value is -3.97. The van der Waals surface area contributed by atoms with Crippen molar-refractivity contribution >= 4 is 34.1 Å². The number of nitrogens with two attached hydrogens (primary N) is 1. The van der Waals surface area contributed by atoms with Gasteiger partial charge in [0.1, 0.15) is 11.9 Å². The number of pyridine rings is 2. The zero-order valence-corrected chi connectivity index (χ0v) is 19.2. The summed E-state index contributed by atoms with van der Waals surface area (Å²) in [6, 6.07) is 5.57. The highest BCUT2D eigenvalue weighted by Crippen LogP contribution is 2.38. The average molecular weight is 477 g/mol. The Morgan fingerprint density at radius 3 is 2.86 bits per heavy atom. The molecule has 35 heavy (non-hydrogen) atoms. The molecule has 1 amide bonds. The molecule has 180 valence electrons. The molecule has 2 aliphatic rings. The largest absolute Gasteiger partial charge is 0.446 e. The van der Waals surface area contributed by atoms with Crippen molar-refractivity contribution in [2.24, 2.45) is 5.92 Å². The van der Waals surface area contributed by atoms with Gasteiger partial charge in [0.05, 0.1) is 42.3 Å². The van der Waals surface area contributed by atoms with Gasteiger partial charge in [0.25, 0.3) is 0 Å². The molecule has 1 aromatic carbocycles. The number of carbonyl (C=O) groups is 1. The second-order valence-electron chi connectivity index (χ2n) is 8.81. The van der Waals surface area contributed by atoms with Gasteiger partial charge in [0, 0.05) is 54.7 Å². The van der Waals surface area contributed by atoms with Crippen LogP contribution < -0.4 is 16.4 Å². The number of hydrogen-bond acceptors (Lipinski definition) is 8. The Kier molecular flexibility index (Phi) is 6.09. The predicted molar refractivity (Wildman–Crippen MR) is 129 cm³/mol. The predicted octanol–water partition coefficient (Wildman–Crippen LogP) is 4.16. The summed E-state index contributed by atoms with van der Waals surface area (Å²) in [5.74, 6) is -0.435. The van der Waals surface area contributed by atoms with Crippen LogP contribution in [0.2, 0.25) is 0 Å². The number of nitriles is 1. The van der Waals surface area contributed by atoms with E-state index in [0.29, 0.717) is 60.9 Å². The van der Waals surface area contributed by atoms with Crippen molar-refractivity contribution in [1.82, 2.24) is 9.97 Å². The third-order valence-corrected chi connectivity index (χ3v) is 6.53. The maximum atomic E-state index is 15.4. The fourth-order valence-corrected chi connectivity index (χ4v) is 4.58. The van der Waals surface area contributed by atoms with Crippen LogP contribution in [0.1, 0.15) is 24.1 Å². The summed E-state index contributed by atoms with van der Waals surface area (Å²) in [6.45, 7) is 3.53. The van der Waals surface area contributed by atoms with E-state index in [9.17, 15) is 10.1 Å². The summed E-state index contributed by atoms with van der Waals surface area (Å²) in [4.78, 5) is 21.0. The van der Waals surface area contributed by atoms with Crippen molar-refractivity contribution in [2.75, 3.05) is 36.1 Å². The second kappa shape index (κ2) is 9.35. The number of carbonyl (C=O) groups excluding carboxylic acids is 1. The normalized spacial score (nSPS) is 17.8. The minimum Gasteiger partial charge on any atom is -0.446 e. The van der Waals surface area contributed by atoms with Gasteiger partial charge in [-0.15, -0.1) is 0 Å². The molecule has 1 unspecified atom stereocenters. The fraction of sp³-hybridized carbons (Fsp3) is 0.360. The maximum absolute atomic E-state index is 15.4. The standard InChI is InChI=1S/C25H25FN6O3/c1-13-18(11-29-20-6-14(9-27)10-31-24(13)20)17-7-15-8-21(30-12-19(15)23(28)22(17)26)32-25(33)35-16-2-4-34-5-3-16/h7-8,11-12,14,16,31H,2-6,10,28H2,1H3,(H,30,32,33). The van der Waals surface area contributed by atoms with Crippen LogP contribution in [0.25, 0.3) is 21.9 Å². The Morgan fingerprint density at radius 1 is 1.29 bits per heavy atom. The summed E-state index contributed by atoms with van der Waals surface area (Å²) in [6.07, 6.45) is 4.10. The van der Waals surface area contributed by atoms with Crippen LogP contribution in [-0.2, 0) is 15.9 Å². The van der Waals surface area contributed by atoms with Gasteiger partial charge >= 0.3 is 6.09 Å². The molecule has 0 saturated carbocycles. The first kappa shape index (κ1) is 22.8. The third-order valence-electron chi connectivity index (χ3n) is 6.53. The molecule has 5 rings (SSSR count). The monoisotopic (exact) mass is 476 g/mol. The Balaban J connectivity index is 1.46. The number of anilines is 3. The molecule has 0 aliphatic carbocycles. The van der Waals surface area contributed by atoms with Gasteiger partial charge in [0.15, 0.2) is 5.82 Å². The number of fused-ring (bicyclic) bond motifs is 2. The van der Waals surface area contributed by atoms with Crippen LogP contribution in [0.15, 0.2) is 24.5 Å². The number of aromatic nitrogens is 2. The highest BCUT2D eigenvalue weighted by atomic mass is 19.1. The summed E-state index contributed by atoms with van der Waals surface area (Å²) in [5.41, 5.74) is 9.45. The van der Waals surface area contributed by atoms with Gasteiger partial charge in [-0.1, -0.05) is 0 Å². The molecular weight excluding hydrogens is 451 g/mol. The molecule has 4 heterocycles. The zero-order valence-electron chi connectivity index (χ0n) is 19.2. The Labute approximate surface area is 201 Å². The number of nitrogen functional groups attached to an aromatic ring is 1. The van der Waals surface area contributed by atoms with E-state index in [4.69, 9.17) is 15.2 Å². The summed E-state index contributed by atoms with van der Waals surface area (Å²) >= 11 is 0. The number of benzene rings is 1. The lowest BCUT2D eigenvalue weighted by molar-refractivity contribution is 0.00590. The number of hydrogen-bond donors (Lipinski definition) is 3. The topological polar surface area (TPSA) is 135 Å². The van der Waals surface area contributed by atoms with Gasteiger partial charge in [-0.25, -0.2) is 14.2 Å². The van der Waals surface area contributed by atoms with E-state index in [-0.39, 0.29) is 23.5 Å². The molecule has 10 heteroatoms. The van der Waals surface area contributed by atoms with Gasteiger partial charge in [-0.3, -0.25) is 10.3 Å². The molecule has 0 bridgehead atoms. The lowest BCUT2D eigenvalue weighted by Gasteiger charge is -2.24. The number of nitrogens with zero attached hydrogens (tertiary/aromatic N) is 3. The number of amides is 1. The average Bonchev–Trinajstić information content (AvgIpc) is 2.87. The fourth-order valence-electron chi connectivity index (χ4n) is 4.58. The molecule has 2 aromatic heterocycles. The van der Waals surface area contributed by atoms with Crippen LogP contribution in [-0.4, -0.2) is 41.9 Å². The van der Waals surface area contributed by atoms with Crippen LogP contribution >= 0.6 is 0 Å². The molecule has 1 saturated heterocycles. The van der Waals surface area contributed by atoms with Gasteiger partial charge in [-0.2, -0.15) is 5.26 Å². The van der Waals surface area contributed by atoms with E-state index in [1.807, 2.05) is 6.92 Å². The molecule has 4 N–H and O–H groups in total. The smallest absolute Gasteiger partial charge is 0.413 e. The van der Waals surface area contributed by atoms with Crippen LogP contribution in [0, 0.1) is 30.0 Å². The van der Waals surface area contributed by atoms with Crippen molar-refractivity contribution in [1.29, 1.82) is 5.26 Å². The summed E-state index contributed by atoms with van der Waals surface area (Å²) in [7, 11) is 0. The molecule has 2 aliphatic heterocycles. The van der Waals surface area contributed by atoms with Gasteiger partial charge in [0.2, 0.25) is 0 Å². The first-order valence-electron chi connectivity index (χ1n) is 11.5. The highest BCUT2D eigenvalue weighted by molar-refractivity contribution is 5.99. The molecule has 1 fully saturated rings. The van der Waals surface area contributed by atoms with Crippen molar-refractivity contribution in [3.05, 3.63) is 41.6 Å². The van der Waals surface area contributed by atoms with E-state index < -0.39 is 11.9 Å². The van der Waals surface area contributed by atoms with Crippen molar-refractivity contribution < 1.29 is 18.7 Å². The first-order valence-corrected chi connectivity index (χ1v) is 11.5. The molecule has 0 spiro atoms. The summed E-state index contributed by atoms with van der Waals surface area (Å²) < 4.78 is 26.1. The van der Waals surface area contributed by atoms with Gasteiger partial charge < -0.3 is 20.5 Å². The van der Waals surface area contributed by atoms with E-state index in [2.05, 4.69) is 26.7 Å². The lowest BCUT2D eigenvalue weighted by Crippen LogP contribution is -2.28. The Morgan fingerprint density at radius 2 is 2.09 bits per heavy atom. The van der Waals surface area contributed by atoms with Crippen molar-refractivity contribution in [3.63, 3.8) is 0 Å². The minimum atomic E-state index is -0.601. The zero-order chi connectivity index (χ0) is 24.5. The Bertz CT molecular complexity index is 1350. The molecule has 0 radical (unpaired) electrons. The van der Waals surface area contributed by atoms with E-state index in [1.54, 1.807) is 18.3 Å². The first-order chi connectivity index (χ1) is 16.9. The van der Waals surface area contributed by atoms with Crippen molar-refractivity contribution in [2.45, 2.75) is 32.3 Å². The maximum Gasteiger partial charge on any atom is 0.413 e. The second-order valence-corrected chi connectivity index (χ2v) is 8.81. The van der Waals surface area contributed by atoms with Crippen molar-refractivity contribution in [3.8, 4) is 17.2 Å². The molecule has 9 nitrogen and oxygen atoms in total. The quantitative estimate of drug-likeness (QED) is 0.480. The third kappa shape index (κ3) is 4.42. The van der Waals surface area contributed by atoms with E-state index in [1.165, 1.54) is 6.20 Å². The number of rotatable bonds is 3. The van der Waals surface area contributed by atoms with Crippen LogP contribution in [0.5, 0.6) is 0 Å². The van der Waals surface area contributed by atoms with Gasteiger partial charge in [-0.05, 0) is 30.0 Å². The minimum absolute atomic E-state index is 0.0315. The lowest BCUT2D eigenvalue weighted by atomic mass is 9.92. The number of halogens is 1. The number of ether oxygens (including phenoxy) is 2. The summed E-state index contributed by atoms with van der Waals surface area (Å²) in [5, 5.41) is 16.2. The SMILES string of the molecule is Cc1c(-c2cc3cc(NC(=O)OC4CCOCC4)ncc3c(N)c2F)cnc2c1NCC(C#N)C2. The van der Waals surface area contributed by atoms with Crippen LogP contribution in [0.3, 0.4) is 0 Å². The molecule has 1 atom stereocenters. The molecular formula is C25H25FN6O3. The van der Waals surface area contributed by atoms with Crippen LogP contribution in [0.4, 0.5) is 26.4 Å². The van der Waals surface area contributed by atoms with E-state index >= 15 is 4.39 Å². The molecule has 3 aromatic rings.